The Kier molecular flexibility index (Phi) is 9.97. The van der Waals surface area contributed by atoms with Crippen LogP contribution in [0.1, 0.15) is 13.8 Å². The van der Waals surface area contributed by atoms with Crippen LogP contribution in [0, 0.1) is 0 Å². The molecule has 16 nitrogen and oxygen atoms in total. The van der Waals surface area contributed by atoms with Crippen molar-refractivity contribution in [2.75, 3.05) is 13.2 Å². The Bertz CT molecular complexity index is 729. The predicted octanol–water partition coefficient (Wildman–Crippen LogP) is -6.40. The lowest BCUT2D eigenvalue weighted by Crippen LogP contribution is -2.68. The third kappa shape index (κ3) is 5.97. The van der Waals surface area contributed by atoms with Gasteiger partial charge in [-0.3, -0.25) is 4.79 Å². The van der Waals surface area contributed by atoms with Gasteiger partial charge in [-0.15, -0.1) is 0 Å². The zero-order valence-electron chi connectivity index (χ0n) is 19.5. The zero-order valence-corrected chi connectivity index (χ0v) is 19.5. The molecule has 3 aliphatic rings. The van der Waals surface area contributed by atoms with Crippen molar-refractivity contribution in [3.05, 3.63) is 0 Å². The second kappa shape index (κ2) is 12.2. The van der Waals surface area contributed by atoms with Crippen molar-refractivity contribution < 1.29 is 74.4 Å². The fourth-order valence-electron chi connectivity index (χ4n) is 4.43. The SMILES string of the molecule is CC(=O)N[C@@H]1[C@@H](O[C@H]2O[C@H](C)[C@H](O[C@@H]3O[C@H](CO)[C@H](O)[C@H](O)[C@H]3O)[C@H](O)[C@H]2O)[C@H](O)[C@@H](CO)O[C@H]1O. The molecule has 0 radical (unpaired) electrons. The third-order valence-electron chi connectivity index (χ3n) is 6.45. The van der Waals surface area contributed by atoms with Gasteiger partial charge in [0, 0.05) is 6.92 Å². The number of amides is 1. The molecule has 0 saturated carbocycles. The highest BCUT2D eigenvalue weighted by molar-refractivity contribution is 5.73. The fourth-order valence-corrected chi connectivity index (χ4v) is 4.43. The molecule has 0 bridgehead atoms. The summed E-state index contributed by atoms with van der Waals surface area (Å²) in [6.07, 6.45) is -21.6. The lowest BCUT2D eigenvalue weighted by atomic mass is 9.95. The molecule has 0 aromatic heterocycles. The number of rotatable bonds is 7. The van der Waals surface area contributed by atoms with Gasteiger partial charge in [0.25, 0.3) is 0 Å². The van der Waals surface area contributed by atoms with Crippen LogP contribution in [0.4, 0.5) is 0 Å². The van der Waals surface area contributed by atoms with Crippen molar-refractivity contribution in [1.29, 1.82) is 0 Å². The zero-order chi connectivity index (χ0) is 26.9. The topological polar surface area (TPSA) is 257 Å². The van der Waals surface area contributed by atoms with Crippen LogP contribution in [0.3, 0.4) is 0 Å². The van der Waals surface area contributed by atoms with Crippen molar-refractivity contribution in [3.8, 4) is 0 Å². The number of hydrogen-bond acceptors (Lipinski definition) is 15. The summed E-state index contributed by atoms with van der Waals surface area (Å²) < 4.78 is 27.1. The van der Waals surface area contributed by atoms with Gasteiger partial charge in [0.1, 0.15) is 67.1 Å². The van der Waals surface area contributed by atoms with Crippen molar-refractivity contribution >= 4 is 5.91 Å². The maximum Gasteiger partial charge on any atom is 0.217 e. The van der Waals surface area contributed by atoms with E-state index < -0.39 is 111 Å². The Morgan fingerprint density at radius 2 is 1.25 bits per heavy atom. The molecule has 0 unspecified atom stereocenters. The lowest BCUT2D eigenvalue weighted by molar-refractivity contribution is -0.368. The van der Waals surface area contributed by atoms with Crippen LogP contribution in [0.25, 0.3) is 0 Å². The normalized spacial score (nSPS) is 50.0. The molecule has 15 atom stereocenters. The quantitative estimate of drug-likeness (QED) is 0.147. The molecule has 3 fully saturated rings. The number of carbonyl (C=O) groups excluding carboxylic acids is 1. The Morgan fingerprint density at radius 3 is 1.83 bits per heavy atom. The van der Waals surface area contributed by atoms with Gasteiger partial charge < -0.3 is 75.0 Å². The van der Waals surface area contributed by atoms with Crippen molar-refractivity contribution in [3.63, 3.8) is 0 Å². The summed E-state index contributed by atoms with van der Waals surface area (Å²) in [5.74, 6) is -0.600. The Balaban J connectivity index is 1.72. The molecule has 0 aromatic carbocycles. The molecule has 3 rings (SSSR count). The third-order valence-corrected chi connectivity index (χ3v) is 6.45. The standard InChI is InChI=1S/C20H35NO15/c1-5-16(35-20-14(29)12(27)10(25)7(3-22)34-20)13(28)15(30)19(32-5)36-17-9(21-6(2)24)18(31)33-8(4-23)11(17)26/h5,7-20,22-23,25-31H,3-4H2,1-2H3,(H,21,24)/t5-,7-,8-,9-,10+,11-,12+,13-,14-,15-,16+,17-,18-,19-,20+/m1/s1. The molecule has 3 aliphatic heterocycles. The molecule has 0 aromatic rings. The van der Waals surface area contributed by atoms with E-state index in [-0.39, 0.29) is 0 Å². The Labute approximate surface area is 205 Å². The predicted molar refractivity (Wildman–Crippen MR) is 111 cm³/mol. The Hall–Kier alpha value is -1.09. The molecule has 3 heterocycles. The summed E-state index contributed by atoms with van der Waals surface area (Å²) in [5.41, 5.74) is 0. The molecule has 3 saturated heterocycles. The smallest absolute Gasteiger partial charge is 0.217 e. The van der Waals surface area contributed by atoms with E-state index in [1.165, 1.54) is 6.92 Å². The minimum absolute atomic E-state index is 0.600. The maximum atomic E-state index is 11.6. The van der Waals surface area contributed by atoms with Gasteiger partial charge in [0.05, 0.1) is 19.3 Å². The number of ether oxygens (including phenoxy) is 5. The monoisotopic (exact) mass is 529 g/mol. The number of nitrogens with one attached hydrogen (secondary N) is 1. The molecule has 16 heteroatoms. The van der Waals surface area contributed by atoms with E-state index in [1.54, 1.807) is 0 Å². The summed E-state index contributed by atoms with van der Waals surface area (Å²) in [6.45, 7) is 1.16. The first-order valence-electron chi connectivity index (χ1n) is 11.4. The van der Waals surface area contributed by atoms with Gasteiger partial charge in [-0.05, 0) is 6.92 Å². The van der Waals surface area contributed by atoms with E-state index in [9.17, 15) is 50.8 Å². The van der Waals surface area contributed by atoms with Crippen LogP contribution in [0.2, 0.25) is 0 Å². The minimum atomic E-state index is -1.83. The van der Waals surface area contributed by atoms with Gasteiger partial charge in [0.2, 0.25) is 5.91 Å². The van der Waals surface area contributed by atoms with Crippen LogP contribution in [-0.2, 0) is 28.5 Å². The molecule has 36 heavy (non-hydrogen) atoms. The van der Waals surface area contributed by atoms with Crippen LogP contribution in [0.5, 0.6) is 0 Å². The van der Waals surface area contributed by atoms with Crippen LogP contribution in [-0.4, -0.2) is 157 Å². The minimum Gasteiger partial charge on any atom is -0.394 e. The Morgan fingerprint density at radius 1 is 0.722 bits per heavy atom. The van der Waals surface area contributed by atoms with Crippen molar-refractivity contribution in [2.45, 2.75) is 106 Å². The fraction of sp³-hybridized carbons (Fsp3) is 0.950. The molecule has 1 amide bonds. The van der Waals surface area contributed by atoms with Crippen LogP contribution < -0.4 is 5.32 Å². The molecule has 210 valence electrons. The number of carbonyl (C=O) groups is 1. The average molecular weight is 529 g/mol. The van der Waals surface area contributed by atoms with Gasteiger partial charge in [0.15, 0.2) is 18.9 Å². The number of hydrogen-bond donors (Lipinski definition) is 10. The molecular formula is C20H35NO15. The number of aliphatic hydroxyl groups is 9. The van der Waals surface area contributed by atoms with Gasteiger partial charge >= 0.3 is 0 Å². The first-order chi connectivity index (χ1) is 16.9. The number of aliphatic hydroxyl groups excluding tert-OH is 9. The second-order valence-electron chi connectivity index (χ2n) is 9.05. The highest BCUT2D eigenvalue weighted by atomic mass is 16.7. The first kappa shape index (κ1) is 29.5. The van der Waals surface area contributed by atoms with Gasteiger partial charge in [-0.25, -0.2) is 0 Å². The largest absolute Gasteiger partial charge is 0.394 e. The van der Waals surface area contributed by atoms with Crippen molar-refractivity contribution in [1.82, 2.24) is 5.32 Å². The maximum absolute atomic E-state index is 11.6. The average Bonchev–Trinajstić information content (AvgIpc) is 2.83. The van der Waals surface area contributed by atoms with E-state index in [0.29, 0.717) is 0 Å². The van der Waals surface area contributed by atoms with E-state index in [4.69, 9.17) is 23.7 Å². The summed E-state index contributed by atoms with van der Waals surface area (Å²) in [5, 5.41) is 93.3. The van der Waals surface area contributed by atoms with E-state index in [2.05, 4.69) is 5.32 Å². The summed E-state index contributed by atoms with van der Waals surface area (Å²) in [7, 11) is 0. The lowest BCUT2D eigenvalue weighted by Gasteiger charge is -2.48. The van der Waals surface area contributed by atoms with E-state index in [1.807, 2.05) is 0 Å². The molecule has 0 aliphatic carbocycles. The molecule has 10 N–H and O–H groups in total. The summed E-state index contributed by atoms with van der Waals surface area (Å²) >= 11 is 0. The summed E-state index contributed by atoms with van der Waals surface area (Å²) in [4.78, 5) is 11.6. The first-order valence-corrected chi connectivity index (χ1v) is 11.4. The van der Waals surface area contributed by atoms with Crippen LogP contribution >= 0.6 is 0 Å². The second-order valence-corrected chi connectivity index (χ2v) is 9.05. The summed E-state index contributed by atoms with van der Waals surface area (Å²) in [6, 6.07) is -1.33. The van der Waals surface area contributed by atoms with E-state index in [0.717, 1.165) is 6.92 Å². The van der Waals surface area contributed by atoms with E-state index >= 15 is 0 Å². The van der Waals surface area contributed by atoms with Crippen LogP contribution in [0.15, 0.2) is 0 Å². The molecular weight excluding hydrogens is 494 g/mol. The highest BCUT2D eigenvalue weighted by Gasteiger charge is 2.52. The highest BCUT2D eigenvalue weighted by Crippen LogP contribution is 2.32. The molecule has 0 spiro atoms. The van der Waals surface area contributed by atoms with Gasteiger partial charge in [-0.1, -0.05) is 0 Å². The van der Waals surface area contributed by atoms with Crippen molar-refractivity contribution in [2.24, 2.45) is 0 Å². The van der Waals surface area contributed by atoms with Gasteiger partial charge in [-0.2, -0.15) is 0 Å².